The molecule has 0 radical (unpaired) electrons. The van der Waals surface area contributed by atoms with Crippen LogP contribution < -0.4 is 0 Å². The maximum atomic E-state index is 11.4. The van der Waals surface area contributed by atoms with Crippen molar-refractivity contribution >= 4 is 28.8 Å². The van der Waals surface area contributed by atoms with Gasteiger partial charge in [-0.3, -0.25) is 0 Å². The first-order valence-electron chi connectivity index (χ1n) is 8.73. The Bertz CT molecular complexity index is 567. The monoisotopic (exact) mass is 370 g/mol. The summed E-state index contributed by atoms with van der Waals surface area (Å²) in [6.07, 6.45) is 5.41. The predicted octanol–water partition coefficient (Wildman–Crippen LogP) is 5.10. The fourth-order valence-corrected chi connectivity index (χ4v) is 2.06. The minimum Gasteiger partial charge on any atom is -0.465 e. The number of thioether (sulfide) groups is 1. The molecule has 25 heavy (non-hydrogen) atoms. The van der Waals surface area contributed by atoms with Crippen LogP contribution in [0.4, 0.5) is 0 Å². The summed E-state index contributed by atoms with van der Waals surface area (Å²) in [5.41, 5.74) is 2.26. The SMILES string of the molecule is CC.CC.CCOCCSC.COC(=O)c1c[nH]c2nccc(C)c12. The predicted molar refractivity (Wildman–Crippen MR) is 110 cm³/mol. The van der Waals surface area contributed by atoms with Crippen molar-refractivity contribution in [1.82, 2.24) is 9.97 Å². The van der Waals surface area contributed by atoms with Gasteiger partial charge in [-0.05, 0) is 31.7 Å². The highest BCUT2D eigenvalue weighted by Crippen LogP contribution is 2.20. The molecule has 2 rings (SSSR count). The van der Waals surface area contributed by atoms with E-state index in [4.69, 9.17) is 4.74 Å². The second-order valence-electron chi connectivity index (χ2n) is 4.24. The summed E-state index contributed by atoms with van der Waals surface area (Å²) in [5.74, 6) is 0.778. The van der Waals surface area contributed by atoms with Crippen molar-refractivity contribution < 1.29 is 14.3 Å². The molecule has 6 heteroatoms. The quantitative estimate of drug-likeness (QED) is 0.586. The molecule has 5 nitrogen and oxygen atoms in total. The van der Waals surface area contributed by atoms with Crippen LogP contribution >= 0.6 is 11.8 Å². The van der Waals surface area contributed by atoms with Crippen LogP contribution in [0.25, 0.3) is 11.0 Å². The molecular weight excluding hydrogens is 336 g/mol. The highest BCUT2D eigenvalue weighted by molar-refractivity contribution is 7.98. The summed E-state index contributed by atoms with van der Waals surface area (Å²) in [4.78, 5) is 18.4. The molecule has 2 aromatic rings. The van der Waals surface area contributed by atoms with Crippen molar-refractivity contribution in [3.63, 3.8) is 0 Å². The second kappa shape index (κ2) is 17.3. The number of aromatic nitrogens is 2. The molecule has 0 fully saturated rings. The molecule has 0 aliphatic carbocycles. The Kier molecular flexibility index (Phi) is 17.8. The molecule has 144 valence electrons. The first-order valence-corrected chi connectivity index (χ1v) is 10.1. The molecule has 0 spiro atoms. The van der Waals surface area contributed by atoms with Crippen LogP contribution in [0.1, 0.15) is 50.5 Å². The Morgan fingerprint density at radius 2 is 1.92 bits per heavy atom. The number of carbonyl (C=O) groups excluding carboxylic acids is 1. The van der Waals surface area contributed by atoms with Crippen LogP contribution in [0.15, 0.2) is 18.5 Å². The van der Waals surface area contributed by atoms with E-state index in [-0.39, 0.29) is 5.97 Å². The van der Waals surface area contributed by atoms with E-state index < -0.39 is 0 Å². The molecule has 0 amide bonds. The highest BCUT2D eigenvalue weighted by atomic mass is 32.2. The molecule has 0 atom stereocenters. The van der Waals surface area contributed by atoms with Gasteiger partial charge in [0.1, 0.15) is 5.65 Å². The normalized spacial score (nSPS) is 8.96. The van der Waals surface area contributed by atoms with E-state index in [1.807, 2.05) is 59.4 Å². The number of carbonyl (C=O) groups is 1. The average molecular weight is 371 g/mol. The van der Waals surface area contributed by atoms with Crippen LogP contribution in [0, 0.1) is 6.92 Å². The standard InChI is InChI=1S/C10H10N2O2.C5H12OS.2C2H6/c1-6-3-4-11-9-8(6)7(5-12-9)10(13)14-2;1-3-6-4-5-7-2;2*1-2/h3-5H,1-2H3,(H,11,12);3-5H2,1-2H3;2*1-2H3. The van der Waals surface area contributed by atoms with Gasteiger partial charge in [-0.1, -0.05) is 27.7 Å². The summed E-state index contributed by atoms with van der Waals surface area (Å²) in [5, 5.41) is 0.833. The lowest BCUT2D eigenvalue weighted by atomic mass is 10.1. The number of nitrogens with one attached hydrogen (secondary N) is 1. The van der Waals surface area contributed by atoms with Crippen molar-refractivity contribution in [2.75, 3.05) is 32.3 Å². The molecular formula is C19H34N2O3S. The van der Waals surface area contributed by atoms with E-state index in [1.54, 1.807) is 12.4 Å². The number of methoxy groups -OCH3 is 1. The molecule has 0 unspecified atom stereocenters. The van der Waals surface area contributed by atoms with E-state index in [1.165, 1.54) is 7.11 Å². The van der Waals surface area contributed by atoms with Gasteiger partial charge in [0.2, 0.25) is 0 Å². The molecule has 0 bridgehead atoms. The molecule has 0 aromatic carbocycles. The maximum absolute atomic E-state index is 11.4. The van der Waals surface area contributed by atoms with E-state index in [2.05, 4.69) is 21.0 Å². The number of hydrogen-bond acceptors (Lipinski definition) is 5. The average Bonchev–Trinajstić information content (AvgIpc) is 3.11. The topological polar surface area (TPSA) is 64.2 Å². The van der Waals surface area contributed by atoms with Crippen LogP contribution in [-0.2, 0) is 9.47 Å². The van der Waals surface area contributed by atoms with Gasteiger partial charge in [0, 0.05) is 30.1 Å². The zero-order valence-electron chi connectivity index (χ0n) is 16.9. The third kappa shape index (κ3) is 9.51. The highest BCUT2D eigenvalue weighted by Gasteiger charge is 2.13. The summed E-state index contributed by atoms with van der Waals surface area (Å²) >= 11 is 1.82. The number of esters is 1. The van der Waals surface area contributed by atoms with Gasteiger partial charge in [0.15, 0.2) is 0 Å². The zero-order valence-corrected chi connectivity index (χ0v) is 17.8. The summed E-state index contributed by atoms with van der Waals surface area (Å²) < 4.78 is 9.72. The van der Waals surface area contributed by atoms with E-state index in [9.17, 15) is 4.79 Å². The number of aryl methyl sites for hydroxylation is 1. The van der Waals surface area contributed by atoms with Crippen LogP contribution in [0.5, 0.6) is 0 Å². The van der Waals surface area contributed by atoms with E-state index in [0.29, 0.717) is 11.2 Å². The number of rotatable bonds is 5. The first-order chi connectivity index (χ1) is 12.2. The van der Waals surface area contributed by atoms with Crippen molar-refractivity contribution in [3.05, 3.63) is 29.6 Å². The lowest BCUT2D eigenvalue weighted by Crippen LogP contribution is -2.00. The largest absolute Gasteiger partial charge is 0.465 e. The summed E-state index contributed by atoms with van der Waals surface area (Å²) in [7, 11) is 1.37. The van der Waals surface area contributed by atoms with Gasteiger partial charge < -0.3 is 14.5 Å². The fourth-order valence-electron chi connectivity index (χ4n) is 1.78. The van der Waals surface area contributed by atoms with Crippen LogP contribution in [-0.4, -0.2) is 48.3 Å². The van der Waals surface area contributed by atoms with Gasteiger partial charge in [-0.2, -0.15) is 11.8 Å². The van der Waals surface area contributed by atoms with Crippen molar-refractivity contribution in [1.29, 1.82) is 0 Å². The molecule has 2 aromatic heterocycles. The molecule has 0 saturated carbocycles. The number of aromatic amines is 1. The zero-order chi connectivity index (χ0) is 19.7. The lowest BCUT2D eigenvalue weighted by Gasteiger charge is -1.98. The van der Waals surface area contributed by atoms with Crippen molar-refractivity contribution in [2.45, 2.75) is 41.5 Å². The number of nitrogens with zero attached hydrogens (tertiary/aromatic N) is 1. The third-order valence-corrected chi connectivity index (χ3v) is 3.40. The first kappa shape index (κ1) is 25.7. The molecule has 0 aliphatic heterocycles. The number of ether oxygens (including phenoxy) is 2. The minimum atomic E-state index is -0.340. The van der Waals surface area contributed by atoms with Gasteiger partial charge in [-0.15, -0.1) is 0 Å². The molecule has 0 saturated heterocycles. The van der Waals surface area contributed by atoms with E-state index >= 15 is 0 Å². The van der Waals surface area contributed by atoms with Gasteiger partial charge in [-0.25, -0.2) is 9.78 Å². The number of fused-ring (bicyclic) bond motifs is 1. The third-order valence-electron chi connectivity index (χ3n) is 2.82. The number of H-pyrrole nitrogens is 1. The number of hydrogen-bond donors (Lipinski definition) is 1. The minimum absolute atomic E-state index is 0.340. The second-order valence-corrected chi connectivity index (χ2v) is 5.22. The Hall–Kier alpha value is -1.53. The lowest BCUT2D eigenvalue weighted by molar-refractivity contribution is 0.0603. The Labute approximate surface area is 156 Å². The number of pyridine rings is 1. The molecule has 0 aliphatic rings. The van der Waals surface area contributed by atoms with Gasteiger partial charge >= 0.3 is 5.97 Å². The summed E-state index contributed by atoms with van der Waals surface area (Å²) in [6.45, 7) is 13.7. The van der Waals surface area contributed by atoms with Crippen LogP contribution in [0.3, 0.4) is 0 Å². The van der Waals surface area contributed by atoms with Gasteiger partial charge in [0.25, 0.3) is 0 Å². The molecule has 1 N–H and O–H groups in total. The Balaban J connectivity index is 0. The Morgan fingerprint density at radius 3 is 2.44 bits per heavy atom. The van der Waals surface area contributed by atoms with Crippen molar-refractivity contribution in [2.24, 2.45) is 0 Å². The summed E-state index contributed by atoms with van der Waals surface area (Å²) in [6, 6.07) is 1.86. The maximum Gasteiger partial charge on any atom is 0.340 e. The molecule has 2 heterocycles. The smallest absolute Gasteiger partial charge is 0.340 e. The Morgan fingerprint density at radius 1 is 1.28 bits per heavy atom. The van der Waals surface area contributed by atoms with Crippen molar-refractivity contribution in [3.8, 4) is 0 Å². The van der Waals surface area contributed by atoms with Gasteiger partial charge in [0.05, 0.1) is 19.3 Å². The van der Waals surface area contributed by atoms with E-state index in [0.717, 1.165) is 29.9 Å². The van der Waals surface area contributed by atoms with Crippen LogP contribution in [0.2, 0.25) is 0 Å². The fraction of sp³-hybridized carbons (Fsp3) is 0.579.